The molecule has 5 nitrogen and oxygen atoms in total. The number of ether oxygens (including phenoxy) is 1. The zero-order chi connectivity index (χ0) is 14.8. The number of amides is 2. The second-order valence-corrected chi connectivity index (χ2v) is 6.74. The molecule has 0 aromatic carbocycles. The van der Waals surface area contributed by atoms with Crippen LogP contribution in [-0.2, 0) is 4.74 Å². The fourth-order valence-corrected chi connectivity index (χ4v) is 3.04. The average molecular weight is 284 g/mol. The maximum absolute atomic E-state index is 12.0. The standard InChI is InChI=1S/C15H28N2O3/c1-10(2)15(3,19)9-16-14(18)17-12-5-4-6-13-11(12)7-8-20-13/h10-13,19H,4-9H2,1-3H3,(H2,16,17,18). The molecule has 1 saturated carbocycles. The second kappa shape index (κ2) is 6.31. The highest BCUT2D eigenvalue weighted by atomic mass is 16.5. The van der Waals surface area contributed by atoms with Gasteiger partial charge in [0.1, 0.15) is 0 Å². The van der Waals surface area contributed by atoms with Crippen LogP contribution in [0.2, 0.25) is 0 Å². The summed E-state index contributed by atoms with van der Waals surface area (Å²) < 4.78 is 5.70. The first-order chi connectivity index (χ1) is 9.40. The molecule has 4 unspecified atom stereocenters. The largest absolute Gasteiger partial charge is 0.388 e. The zero-order valence-corrected chi connectivity index (χ0v) is 12.8. The predicted molar refractivity (Wildman–Crippen MR) is 77.5 cm³/mol. The Morgan fingerprint density at radius 1 is 1.40 bits per heavy atom. The summed E-state index contributed by atoms with van der Waals surface area (Å²) in [4.78, 5) is 12.0. The fraction of sp³-hybridized carbons (Fsp3) is 0.933. The number of nitrogens with one attached hydrogen (secondary N) is 2. The molecule has 116 valence electrons. The summed E-state index contributed by atoms with van der Waals surface area (Å²) in [6, 6.07) is 0.0312. The van der Waals surface area contributed by atoms with Crippen LogP contribution < -0.4 is 10.6 Å². The van der Waals surface area contributed by atoms with Gasteiger partial charge in [0.15, 0.2) is 0 Å². The lowest BCUT2D eigenvalue weighted by Gasteiger charge is -2.34. The van der Waals surface area contributed by atoms with Gasteiger partial charge in [0.05, 0.1) is 11.7 Å². The van der Waals surface area contributed by atoms with E-state index in [2.05, 4.69) is 10.6 Å². The van der Waals surface area contributed by atoms with Gasteiger partial charge in [0.25, 0.3) is 0 Å². The van der Waals surface area contributed by atoms with Crippen molar-refractivity contribution in [3.8, 4) is 0 Å². The number of hydrogen-bond acceptors (Lipinski definition) is 3. The monoisotopic (exact) mass is 284 g/mol. The predicted octanol–water partition coefficient (Wildman–Crippen LogP) is 1.65. The molecule has 4 atom stereocenters. The van der Waals surface area contributed by atoms with Gasteiger partial charge in [-0.05, 0) is 38.5 Å². The maximum atomic E-state index is 12.0. The molecule has 0 aromatic rings. The first-order valence-corrected chi connectivity index (χ1v) is 7.78. The minimum atomic E-state index is -0.872. The van der Waals surface area contributed by atoms with Crippen LogP contribution >= 0.6 is 0 Å². The Morgan fingerprint density at radius 3 is 2.85 bits per heavy atom. The van der Waals surface area contributed by atoms with E-state index in [0.29, 0.717) is 12.0 Å². The number of urea groups is 1. The molecule has 2 fully saturated rings. The van der Waals surface area contributed by atoms with E-state index in [0.717, 1.165) is 32.3 Å². The molecule has 0 radical (unpaired) electrons. The van der Waals surface area contributed by atoms with Crippen molar-refractivity contribution < 1.29 is 14.6 Å². The molecule has 0 spiro atoms. The van der Waals surface area contributed by atoms with Gasteiger partial charge >= 0.3 is 6.03 Å². The lowest BCUT2D eigenvalue weighted by Crippen LogP contribution is -2.52. The Balaban J connectivity index is 1.79. The highest BCUT2D eigenvalue weighted by molar-refractivity contribution is 5.74. The van der Waals surface area contributed by atoms with E-state index < -0.39 is 5.60 Å². The van der Waals surface area contributed by atoms with Gasteiger partial charge in [0.2, 0.25) is 0 Å². The summed E-state index contributed by atoms with van der Waals surface area (Å²) in [6.07, 6.45) is 4.62. The fourth-order valence-electron chi connectivity index (χ4n) is 3.04. The number of carbonyl (C=O) groups is 1. The lowest BCUT2D eigenvalue weighted by atomic mass is 9.82. The molecule has 5 heteroatoms. The minimum absolute atomic E-state index is 0.102. The van der Waals surface area contributed by atoms with Crippen LogP contribution in [0, 0.1) is 11.8 Å². The van der Waals surface area contributed by atoms with Crippen molar-refractivity contribution in [1.82, 2.24) is 10.6 Å². The summed E-state index contributed by atoms with van der Waals surface area (Å²) in [5.41, 5.74) is -0.872. The van der Waals surface area contributed by atoms with Gasteiger partial charge in [-0.15, -0.1) is 0 Å². The third-order valence-electron chi connectivity index (χ3n) is 4.95. The molecule has 1 heterocycles. The molecule has 2 rings (SSSR count). The third kappa shape index (κ3) is 3.64. The van der Waals surface area contributed by atoms with Crippen LogP contribution in [-0.4, -0.2) is 42.0 Å². The molecular formula is C15H28N2O3. The topological polar surface area (TPSA) is 70.6 Å². The lowest BCUT2D eigenvalue weighted by molar-refractivity contribution is 0.0161. The van der Waals surface area contributed by atoms with Crippen molar-refractivity contribution in [2.24, 2.45) is 11.8 Å². The Kier molecular flexibility index (Phi) is 4.91. The number of hydrogen-bond donors (Lipinski definition) is 3. The molecule has 1 aliphatic carbocycles. The summed E-state index contributed by atoms with van der Waals surface area (Å²) in [5.74, 6) is 0.560. The quantitative estimate of drug-likeness (QED) is 0.735. The van der Waals surface area contributed by atoms with E-state index in [4.69, 9.17) is 4.74 Å². The smallest absolute Gasteiger partial charge is 0.315 e. The molecule has 1 aliphatic heterocycles. The van der Waals surface area contributed by atoms with Crippen molar-refractivity contribution in [2.45, 2.75) is 64.2 Å². The first kappa shape index (κ1) is 15.6. The third-order valence-corrected chi connectivity index (χ3v) is 4.95. The Bertz CT molecular complexity index is 344. The maximum Gasteiger partial charge on any atom is 0.315 e. The van der Waals surface area contributed by atoms with E-state index in [1.165, 1.54) is 0 Å². The van der Waals surface area contributed by atoms with Crippen molar-refractivity contribution in [2.75, 3.05) is 13.2 Å². The zero-order valence-electron chi connectivity index (χ0n) is 12.8. The highest BCUT2D eigenvalue weighted by Crippen LogP contribution is 2.34. The van der Waals surface area contributed by atoms with E-state index in [-0.39, 0.29) is 24.5 Å². The normalized spacial score (nSPS) is 32.5. The molecule has 20 heavy (non-hydrogen) atoms. The Morgan fingerprint density at radius 2 is 2.15 bits per heavy atom. The van der Waals surface area contributed by atoms with Gasteiger partial charge in [-0.2, -0.15) is 0 Å². The van der Waals surface area contributed by atoms with E-state index in [1.807, 2.05) is 13.8 Å². The SMILES string of the molecule is CC(C)C(C)(O)CNC(=O)NC1CCCC2OCCC12. The van der Waals surface area contributed by atoms with Crippen LogP contribution in [0.15, 0.2) is 0 Å². The molecule has 1 saturated heterocycles. The van der Waals surface area contributed by atoms with Crippen molar-refractivity contribution >= 4 is 6.03 Å². The number of rotatable bonds is 4. The van der Waals surface area contributed by atoms with Crippen LogP contribution in [0.3, 0.4) is 0 Å². The van der Waals surface area contributed by atoms with E-state index in [9.17, 15) is 9.90 Å². The van der Waals surface area contributed by atoms with Crippen molar-refractivity contribution in [3.63, 3.8) is 0 Å². The van der Waals surface area contributed by atoms with Crippen molar-refractivity contribution in [3.05, 3.63) is 0 Å². The van der Waals surface area contributed by atoms with Crippen LogP contribution in [0.25, 0.3) is 0 Å². The molecule has 2 amide bonds. The van der Waals surface area contributed by atoms with Crippen LogP contribution in [0.5, 0.6) is 0 Å². The van der Waals surface area contributed by atoms with E-state index in [1.54, 1.807) is 6.92 Å². The molecule has 3 N–H and O–H groups in total. The van der Waals surface area contributed by atoms with Gasteiger partial charge in [-0.25, -0.2) is 4.79 Å². The molecule has 2 aliphatic rings. The Labute approximate surface area is 121 Å². The van der Waals surface area contributed by atoms with E-state index >= 15 is 0 Å². The number of fused-ring (bicyclic) bond motifs is 1. The van der Waals surface area contributed by atoms with Gasteiger partial charge in [-0.1, -0.05) is 13.8 Å². The Hall–Kier alpha value is -0.810. The second-order valence-electron chi connectivity index (χ2n) is 6.74. The highest BCUT2D eigenvalue weighted by Gasteiger charge is 2.38. The summed E-state index contributed by atoms with van der Waals surface area (Å²) in [5, 5.41) is 16.0. The van der Waals surface area contributed by atoms with Crippen LogP contribution in [0.4, 0.5) is 4.79 Å². The molecule has 0 bridgehead atoms. The molecule has 0 aromatic heterocycles. The molecular weight excluding hydrogens is 256 g/mol. The van der Waals surface area contributed by atoms with Gasteiger partial charge in [0, 0.05) is 25.1 Å². The number of carbonyl (C=O) groups excluding carboxylic acids is 1. The summed E-state index contributed by atoms with van der Waals surface area (Å²) in [7, 11) is 0. The summed E-state index contributed by atoms with van der Waals surface area (Å²) in [6.45, 7) is 6.73. The minimum Gasteiger partial charge on any atom is -0.388 e. The van der Waals surface area contributed by atoms with Crippen molar-refractivity contribution in [1.29, 1.82) is 0 Å². The average Bonchev–Trinajstić information content (AvgIpc) is 2.86. The first-order valence-electron chi connectivity index (χ1n) is 7.78. The summed E-state index contributed by atoms with van der Waals surface area (Å²) >= 11 is 0. The van der Waals surface area contributed by atoms with Gasteiger partial charge < -0.3 is 20.5 Å². The number of aliphatic hydroxyl groups is 1. The van der Waals surface area contributed by atoms with Crippen LogP contribution in [0.1, 0.15) is 46.5 Å². The van der Waals surface area contributed by atoms with Gasteiger partial charge in [-0.3, -0.25) is 0 Å².